The largest absolute Gasteiger partial charge is 0.353 e. The first-order valence-corrected chi connectivity index (χ1v) is 11.7. The number of nitro benzene ring substituents is 1. The fourth-order valence-electron chi connectivity index (χ4n) is 4.32. The average Bonchev–Trinajstić information content (AvgIpc) is 2.87. The third-order valence-electron chi connectivity index (χ3n) is 6.14. The van der Waals surface area contributed by atoms with Gasteiger partial charge in [0.2, 0.25) is 5.91 Å². The Kier molecular flexibility index (Phi) is 7.19. The first kappa shape index (κ1) is 24.1. The minimum absolute atomic E-state index is 0.0285. The summed E-state index contributed by atoms with van der Waals surface area (Å²) in [7, 11) is 0. The summed E-state index contributed by atoms with van der Waals surface area (Å²) < 4.78 is 0. The predicted molar refractivity (Wildman–Crippen MR) is 137 cm³/mol. The SMILES string of the molecule is Cc1nc(-c2ccccc2)nc(N2CCN(C(=O)C=Cc3ccc([N+](=O)[O-])cc3)CC2)c1C(C)C. The number of hydrogen-bond acceptors (Lipinski definition) is 6. The lowest BCUT2D eigenvalue weighted by molar-refractivity contribution is -0.384. The van der Waals surface area contributed by atoms with Crippen LogP contribution >= 0.6 is 0 Å². The predicted octanol–water partition coefficient (Wildman–Crippen LogP) is 4.85. The number of piperazine rings is 1. The summed E-state index contributed by atoms with van der Waals surface area (Å²) in [5, 5.41) is 10.8. The highest BCUT2D eigenvalue weighted by atomic mass is 16.6. The van der Waals surface area contributed by atoms with Gasteiger partial charge in [0.1, 0.15) is 5.82 Å². The second-order valence-corrected chi connectivity index (χ2v) is 8.88. The fourth-order valence-corrected chi connectivity index (χ4v) is 4.32. The number of benzene rings is 2. The number of anilines is 1. The molecule has 3 aromatic rings. The maximum atomic E-state index is 12.7. The maximum Gasteiger partial charge on any atom is 0.269 e. The Morgan fingerprint density at radius 1 is 1.00 bits per heavy atom. The number of amides is 1. The molecule has 8 heteroatoms. The highest BCUT2D eigenvalue weighted by molar-refractivity contribution is 5.92. The van der Waals surface area contributed by atoms with Crippen molar-refractivity contribution in [3.63, 3.8) is 0 Å². The molecule has 0 atom stereocenters. The molecule has 1 fully saturated rings. The number of rotatable bonds is 6. The van der Waals surface area contributed by atoms with Gasteiger partial charge in [-0.3, -0.25) is 14.9 Å². The Morgan fingerprint density at radius 2 is 1.66 bits per heavy atom. The van der Waals surface area contributed by atoms with Gasteiger partial charge in [0.25, 0.3) is 5.69 Å². The monoisotopic (exact) mass is 471 g/mol. The van der Waals surface area contributed by atoms with E-state index < -0.39 is 4.92 Å². The Balaban J connectivity index is 1.47. The summed E-state index contributed by atoms with van der Waals surface area (Å²) in [4.78, 5) is 36.9. The van der Waals surface area contributed by atoms with Crippen LogP contribution in [0.1, 0.15) is 36.6 Å². The van der Waals surface area contributed by atoms with Gasteiger partial charge in [0, 0.05) is 61.2 Å². The van der Waals surface area contributed by atoms with E-state index in [9.17, 15) is 14.9 Å². The zero-order valence-electron chi connectivity index (χ0n) is 20.2. The maximum absolute atomic E-state index is 12.7. The lowest BCUT2D eigenvalue weighted by Crippen LogP contribution is -2.49. The topological polar surface area (TPSA) is 92.5 Å². The van der Waals surface area contributed by atoms with E-state index in [1.165, 1.54) is 18.2 Å². The van der Waals surface area contributed by atoms with Crippen LogP contribution < -0.4 is 4.90 Å². The van der Waals surface area contributed by atoms with Crippen LogP contribution in [0.2, 0.25) is 0 Å². The number of aryl methyl sites for hydroxylation is 1. The van der Waals surface area contributed by atoms with Crippen molar-refractivity contribution in [2.75, 3.05) is 31.1 Å². The van der Waals surface area contributed by atoms with Crippen LogP contribution in [0.5, 0.6) is 0 Å². The second kappa shape index (κ2) is 10.5. The molecule has 0 N–H and O–H groups in total. The van der Waals surface area contributed by atoms with Crippen LogP contribution in [0.25, 0.3) is 17.5 Å². The number of carbonyl (C=O) groups excluding carboxylic acids is 1. The molecule has 0 saturated carbocycles. The molecular weight excluding hydrogens is 442 g/mol. The molecule has 1 aromatic heterocycles. The van der Waals surface area contributed by atoms with Gasteiger partial charge < -0.3 is 9.80 Å². The van der Waals surface area contributed by atoms with E-state index in [1.807, 2.05) is 42.2 Å². The zero-order valence-corrected chi connectivity index (χ0v) is 20.2. The van der Waals surface area contributed by atoms with Crippen LogP contribution in [0, 0.1) is 17.0 Å². The van der Waals surface area contributed by atoms with Gasteiger partial charge in [-0.25, -0.2) is 9.97 Å². The number of aromatic nitrogens is 2. The van der Waals surface area contributed by atoms with Crippen LogP contribution in [0.4, 0.5) is 11.5 Å². The van der Waals surface area contributed by atoms with Crippen molar-refractivity contribution < 1.29 is 9.72 Å². The summed E-state index contributed by atoms with van der Waals surface area (Å²) in [5.41, 5.74) is 3.88. The van der Waals surface area contributed by atoms with Crippen LogP contribution in [0.15, 0.2) is 60.7 Å². The number of nitrogens with zero attached hydrogens (tertiary/aromatic N) is 5. The fraction of sp³-hybridized carbons (Fsp3) is 0.296. The first-order chi connectivity index (χ1) is 16.8. The number of nitro groups is 1. The van der Waals surface area contributed by atoms with E-state index in [1.54, 1.807) is 18.2 Å². The third kappa shape index (κ3) is 5.54. The quantitative estimate of drug-likeness (QED) is 0.290. The molecule has 0 bridgehead atoms. The van der Waals surface area contributed by atoms with Gasteiger partial charge in [-0.15, -0.1) is 0 Å². The summed E-state index contributed by atoms with van der Waals surface area (Å²) in [6, 6.07) is 16.1. The minimum Gasteiger partial charge on any atom is -0.353 e. The molecule has 180 valence electrons. The molecule has 0 spiro atoms. The molecule has 4 rings (SSSR count). The van der Waals surface area contributed by atoms with Crippen LogP contribution in [0.3, 0.4) is 0 Å². The molecule has 0 unspecified atom stereocenters. The Hall–Kier alpha value is -4.07. The van der Waals surface area contributed by atoms with Gasteiger partial charge in [-0.1, -0.05) is 44.2 Å². The van der Waals surface area contributed by atoms with Crippen molar-refractivity contribution in [3.05, 3.63) is 87.6 Å². The van der Waals surface area contributed by atoms with Crippen molar-refractivity contribution in [2.24, 2.45) is 0 Å². The highest BCUT2D eigenvalue weighted by Crippen LogP contribution is 2.31. The Morgan fingerprint density at radius 3 is 2.26 bits per heavy atom. The average molecular weight is 472 g/mol. The van der Waals surface area contributed by atoms with Crippen molar-refractivity contribution in [1.29, 1.82) is 0 Å². The summed E-state index contributed by atoms with van der Waals surface area (Å²) in [6.45, 7) is 8.88. The molecule has 1 aliphatic rings. The van der Waals surface area contributed by atoms with E-state index in [0.717, 1.165) is 28.2 Å². The van der Waals surface area contributed by atoms with Gasteiger partial charge in [0.15, 0.2) is 5.82 Å². The summed E-state index contributed by atoms with van der Waals surface area (Å²) in [6.07, 6.45) is 3.22. The van der Waals surface area contributed by atoms with Crippen molar-refractivity contribution in [3.8, 4) is 11.4 Å². The van der Waals surface area contributed by atoms with Crippen LogP contribution in [-0.4, -0.2) is 51.9 Å². The van der Waals surface area contributed by atoms with Crippen molar-refractivity contribution in [1.82, 2.24) is 14.9 Å². The molecule has 2 heterocycles. The van der Waals surface area contributed by atoms with Gasteiger partial charge >= 0.3 is 0 Å². The molecule has 1 aliphatic heterocycles. The molecular formula is C27H29N5O3. The molecule has 8 nitrogen and oxygen atoms in total. The molecule has 0 radical (unpaired) electrons. The molecule has 0 aliphatic carbocycles. The van der Waals surface area contributed by atoms with Gasteiger partial charge in [-0.2, -0.15) is 0 Å². The Labute approximate surface area is 205 Å². The number of carbonyl (C=O) groups is 1. The third-order valence-corrected chi connectivity index (χ3v) is 6.14. The zero-order chi connectivity index (χ0) is 24.9. The standard InChI is InChI=1S/C27H29N5O3/c1-19(2)25-20(3)28-26(22-7-5-4-6-8-22)29-27(25)31-17-15-30(16-18-31)24(33)14-11-21-9-12-23(13-10-21)32(34)35/h4-14,19H,15-18H2,1-3H3. The van der Waals surface area contributed by atoms with E-state index in [-0.39, 0.29) is 17.5 Å². The van der Waals surface area contributed by atoms with E-state index in [4.69, 9.17) is 9.97 Å². The van der Waals surface area contributed by atoms with E-state index in [0.29, 0.717) is 32.0 Å². The normalized spacial score (nSPS) is 14.1. The Bertz CT molecular complexity index is 1230. The minimum atomic E-state index is -0.440. The van der Waals surface area contributed by atoms with Crippen molar-refractivity contribution in [2.45, 2.75) is 26.7 Å². The molecule has 35 heavy (non-hydrogen) atoms. The number of hydrogen-bond donors (Lipinski definition) is 0. The van der Waals surface area contributed by atoms with Gasteiger partial charge in [-0.05, 0) is 36.6 Å². The second-order valence-electron chi connectivity index (χ2n) is 8.88. The van der Waals surface area contributed by atoms with Gasteiger partial charge in [0.05, 0.1) is 4.92 Å². The van der Waals surface area contributed by atoms with E-state index in [2.05, 4.69) is 18.7 Å². The lowest BCUT2D eigenvalue weighted by atomic mass is 10.0. The van der Waals surface area contributed by atoms with Crippen molar-refractivity contribution >= 4 is 23.5 Å². The number of non-ortho nitro benzene ring substituents is 1. The summed E-state index contributed by atoms with van der Waals surface area (Å²) >= 11 is 0. The molecule has 1 saturated heterocycles. The summed E-state index contributed by atoms with van der Waals surface area (Å²) in [5.74, 6) is 1.86. The van der Waals surface area contributed by atoms with E-state index >= 15 is 0 Å². The van der Waals surface area contributed by atoms with Crippen LogP contribution in [-0.2, 0) is 4.79 Å². The molecule has 1 amide bonds. The highest BCUT2D eigenvalue weighted by Gasteiger charge is 2.25. The first-order valence-electron chi connectivity index (χ1n) is 11.7. The lowest BCUT2D eigenvalue weighted by Gasteiger charge is -2.36. The smallest absolute Gasteiger partial charge is 0.269 e. The molecule has 2 aromatic carbocycles.